The van der Waals surface area contributed by atoms with Crippen LogP contribution in [-0.4, -0.2) is 34.7 Å². The van der Waals surface area contributed by atoms with Crippen LogP contribution in [-0.2, 0) is 18.4 Å². The van der Waals surface area contributed by atoms with Crippen LogP contribution in [0.5, 0.6) is 0 Å². The van der Waals surface area contributed by atoms with E-state index >= 15 is 0 Å². The number of aromatic nitrogens is 3. The number of ether oxygens (including phenoxy) is 1. The molecule has 1 saturated heterocycles. The number of hydrogen-bond donors (Lipinski definition) is 1. The van der Waals surface area contributed by atoms with Crippen molar-refractivity contribution in [2.75, 3.05) is 19.7 Å². The molecule has 2 heterocycles. The fraction of sp³-hybridized carbons (Fsp3) is 0.800. The molecular weight excluding hydrogens is 192 g/mol. The third-order valence-corrected chi connectivity index (χ3v) is 2.71. The lowest BCUT2D eigenvalue weighted by Crippen LogP contribution is -2.29. The molecule has 0 atom stereocenters. The first-order chi connectivity index (χ1) is 7.34. The predicted molar refractivity (Wildman–Crippen MR) is 56.3 cm³/mol. The standard InChI is InChI=1S/C10H18N4O/c1-14-6-10(12-13-14)8-15-7-9-2-4-11-5-3-9/h6,9,11H,2-5,7-8H2,1H3. The van der Waals surface area contributed by atoms with Crippen molar-refractivity contribution in [2.24, 2.45) is 13.0 Å². The van der Waals surface area contributed by atoms with E-state index < -0.39 is 0 Å². The zero-order chi connectivity index (χ0) is 10.5. The highest BCUT2D eigenvalue weighted by Crippen LogP contribution is 2.12. The number of rotatable bonds is 4. The topological polar surface area (TPSA) is 52.0 Å². The van der Waals surface area contributed by atoms with Gasteiger partial charge in [0.2, 0.25) is 0 Å². The lowest BCUT2D eigenvalue weighted by molar-refractivity contribution is 0.0744. The highest BCUT2D eigenvalue weighted by molar-refractivity contribution is 4.88. The van der Waals surface area contributed by atoms with Gasteiger partial charge in [-0.2, -0.15) is 0 Å². The van der Waals surface area contributed by atoms with Crippen molar-refractivity contribution in [1.29, 1.82) is 0 Å². The van der Waals surface area contributed by atoms with E-state index in [1.165, 1.54) is 12.8 Å². The van der Waals surface area contributed by atoms with E-state index in [9.17, 15) is 0 Å². The molecule has 1 aliphatic rings. The fourth-order valence-corrected chi connectivity index (χ4v) is 1.84. The van der Waals surface area contributed by atoms with Crippen LogP contribution in [0.3, 0.4) is 0 Å². The largest absolute Gasteiger partial charge is 0.375 e. The summed E-state index contributed by atoms with van der Waals surface area (Å²) in [6.45, 7) is 3.67. The van der Waals surface area contributed by atoms with Crippen LogP contribution >= 0.6 is 0 Å². The van der Waals surface area contributed by atoms with Crippen molar-refractivity contribution < 1.29 is 4.74 Å². The number of aryl methyl sites for hydroxylation is 1. The lowest BCUT2D eigenvalue weighted by Gasteiger charge is -2.21. The molecule has 0 aliphatic carbocycles. The van der Waals surface area contributed by atoms with Crippen LogP contribution in [0.4, 0.5) is 0 Å². The van der Waals surface area contributed by atoms with E-state index in [-0.39, 0.29) is 0 Å². The average Bonchev–Trinajstić information content (AvgIpc) is 2.66. The Morgan fingerprint density at radius 3 is 3.00 bits per heavy atom. The van der Waals surface area contributed by atoms with Crippen LogP contribution in [0.25, 0.3) is 0 Å². The Morgan fingerprint density at radius 2 is 2.33 bits per heavy atom. The van der Waals surface area contributed by atoms with E-state index in [0.717, 1.165) is 25.4 Å². The fourth-order valence-electron chi connectivity index (χ4n) is 1.84. The second-order valence-corrected chi connectivity index (χ2v) is 4.09. The van der Waals surface area contributed by atoms with Gasteiger partial charge < -0.3 is 10.1 Å². The molecule has 5 heteroatoms. The molecule has 0 unspecified atom stereocenters. The summed E-state index contributed by atoms with van der Waals surface area (Å²) >= 11 is 0. The molecule has 0 bridgehead atoms. The van der Waals surface area contributed by atoms with Gasteiger partial charge >= 0.3 is 0 Å². The second kappa shape index (κ2) is 5.23. The highest BCUT2D eigenvalue weighted by atomic mass is 16.5. The molecular formula is C10H18N4O. The molecule has 0 saturated carbocycles. The van der Waals surface area contributed by atoms with Gasteiger partial charge in [-0.3, -0.25) is 4.68 Å². The molecule has 1 aromatic heterocycles. The van der Waals surface area contributed by atoms with Gasteiger partial charge in [-0.15, -0.1) is 5.10 Å². The summed E-state index contributed by atoms with van der Waals surface area (Å²) in [6.07, 6.45) is 4.34. The Kier molecular flexibility index (Phi) is 3.69. The van der Waals surface area contributed by atoms with Gasteiger partial charge in [-0.05, 0) is 31.8 Å². The van der Waals surface area contributed by atoms with Gasteiger partial charge in [0.1, 0.15) is 5.69 Å². The van der Waals surface area contributed by atoms with Crippen molar-refractivity contribution in [3.05, 3.63) is 11.9 Å². The monoisotopic (exact) mass is 210 g/mol. The van der Waals surface area contributed by atoms with E-state index in [4.69, 9.17) is 4.74 Å². The van der Waals surface area contributed by atoms with E-state index in [0.29, 0.717) is 12.5 Å². The predicted octanol–water partition coefficient (Wildman–Crippen LogP) is 0.331. The van der Waals surface area contributed by atoms with Crippen LogP contribution in [0.1, 0.15) is 18.5 Å². The zero-order valence-corrected chi connectivity index (χ0v) is 9.15. The Morgan fingerprint density at radius 1 is 1.53 bits per heavy atom. The third kappa shape index (κ3) is 3.28. The maximum atomic E-state index is 5.63. The molecule has 1 aromatic rings. The molecule has 1 fully saturated rings. The quantitative estimate of drug-likeness (QED) is 0.778. The number of nitrogens with one attached hydrogen (secondary N) is 1. The van der Waals surface area contributed by atoms with Gasteiger partial charge in [0.15, 0.2) is 0 Å². The molecule has 15 heavy (non-hydrogen) atoms. The molecule has 2 rings (SSSR count). The van der Waals surface area contributed by atoms with Crippen LogP contribution in [0, 0.1) is 5.92 Å². The molecule has 5 nitrogen and oxygen atoms in total. The van der Waals surface area contributed by atoms with Crippen LogP contribution in [0.2, 0.25) is 0 Å². The van der Waals surface area contributed by atoms with Gasteiger partial charge in [0.05, 0.1) is 19.4 Å². The Balaban J connectivity index is 1.65. The minimum atomic E-state index is 0.581. The maximum Gasteiger partial charge on any atom is 0.108 e. The van der Waals surface area contributed by atoms with Crippen molar-refractivity contribution >= 4 is 0 Å². The summed E-state index contributed by atoms with van der Waals surface area (Å²) in [5.41, 5.74) is 0.909. The maximum absolute atomic E-state index is 5.63. The van der Waals surface area contributed by atoms with E-state index in [1.807, 2.05) is 13.2 Å². The summed E-state index contributed by atoms with van der Waals surface area (Å²) in [7, 11) is 1.86. The number of hydrogen-bond acceptors (Lipinski definition) is 4. The minimum absolute atomic E-state index is 0.581. The molecule has 0 spiro atoms. The van der Waals surface area contributed by atoms with Gasteiger partial charge in [-0.1, -0.05) is 5.21 Å². The third-order valence-electron chi connectivity index (χ3n) is 2.71. The first kappa shape index (κ1) is 10.6. The number of nitrogens with zero attached hydrogens (tertiary/aromatic N) is 3. The molecule has 0 radical (unpaired) electrons. The van der Waals surface area contributed by atoms with Crippen LogP contribution in [0.15, 0.2) is 6.20 Å². The van der Waals surface area contributed by atoms with Gasteiger partial charge in [0, 0.05) is 7.05 Å². The van der Waals surface area contributed by atoms with Crippen LogP contribution < -0.4 is 5.32 Å². The van der Waals surface area contributed by atoms with Crippen molar-refractivity contribution in [3.8, 4) is 0 Å². The lowest BCUT2D eigenvalue weighted by atomic mass is 9.99. The smallest absolute Gasteiger partial charge is 0.108 e. The first-order valence-corrected chi connectivity index (χ1v) is 5.48. The van der Waals surface area contributed by atoms with Gasteiger partial charge in [-0.25, -0.2) is 0 Å². The van der Waals surface area contributed by atoms with Crippen molar-refractivity contribution in [2.45, 2.75) is 19.4 Å². The van der Waals surface area contributed by atoms with E-state index in [2.05, 4.69) is 15.6 Å². The normalized spacial score (nSPS) is 18.2. The average molecular weight is 210 g/mol. The van der Waals surface area contributed by atoms with Gasteiger partial charge in [0.25, 0.3) is 0 Å². The summed E-state index contributed by atoms with van der Waals surface area (Å²) in [6, 6.07) is 0. The molecule has 0 aromatic carbocycles. The molecule has 1 aliphatic heterocycles. The highest BCUT2D eigenvalue weighted by Gasteiger charge is 2.12. The summed E-state index contributed by atoms with van der Waals surface area (Å²) in [5, 5.41) is 11.2. The Hall–Kier alpha value is -0.940. The molecule has 84 valence electrons. The first-order valence-electron chi connectivity index (χ1n) is 5.48. The summed E-state index contributed by atoms with van der Waals surface area (Å²) in [4.78, 5) is 0. The molecule has 0 amide bonds. The SMILES string of the molecule is Cn1cc(COCC2CCNCC2)nn1. The second-order valence-electron chi connectivity index (χ2n) is 4.09. The zero-order valence-electron chi connectivity index (χ0n) is 9.15. The summed E-state index contributed by atoms with van der Waals surface area (Å²) in [5.74, 6) is 0.711. The van der Waals surface area contributed by atoms with E-state index in [1.54, 1.807) is 4.68 Å². The minimum Gasteiger partial charge on any atom is -0.375 e. The molecule has 1 N–H and O–H groups in total. The Bertz CT molecular complexity index is 293. The number of piperidine rings is 1. The van der Waals surface area contributed by atoms with Crippen molar-refractivity contribution in [1.82, 2.24) is 20.3 Å². The Labute approximate surface area is 89.8 Å². The summed E-state index contributed by atoms with van der Waals surface area (Å²) < 4.78 is 7.33. The van der Waals surface area contributed by atoms with Crippen molar-refractivity contribution in [3.63, 3.8) is 0 Å².